The van der Waals surface area contributed by atoms with Crippen LogP contribution in [0, 0.1) is 0 Å². The van der Waals surface area contributed by atoms with E-state index >= 15 is 0 Å². The van der Waals surface area contributed by atoms with Crippen LogP contribution in [-0.4, -0.2) is 13.4 Å². The summed E-state index contributed by atoms with van der Waals surface area (Å²) < 4.78 is 16.3. The van der Waals surface area contributed by atoms with Crippen LogP contribution in [0.5, 0.6) is 23.0 Å². The first-order valence-corrected chi connectivity index (χ1v) is 31.0. The molecule has 0 spiro atoms. The summed E-state index contributed by atoms with van der Waals surface area (Å²) in [6.07, 6.45) is 0. The third-order valence-electron chi connectivity index (χ3n) is 18.2. The molecule has 6 nitrogen and oxygen atoms in total. The Labute approximate surface area is 516 Å². The van der Waals surface area contributed by atoms with Gasteiger partial charge >= 0.3 is 0 Å². The lowest BCUT2D eigenvalue weighted by atomic mass is 9.30. The summed E-state index contributed by atoms with van der Waals surface area (Å²) in [7, 11) is 0. The largest absolute Gasteiger partial charge is 0.458 e. The van der Waals surface area contributed by atoms with Crippen molar-refractivity contribution in [3.63, 3.8) is 0 Å². The minimum absolute atomic E-state index is 0.249. The average Bonchev–Trinajstić information content (AvgIpc) is 0.744. The Bertz CT molecular complexity index is 4510. The van der Waals surface area contributed by atoms with Gasteiger partial charge in [-0.2, -0.15) is 0 Å². The van der Waals surface area contributed by atoms with Gasteiger partial charge < -0.3 is 29.1 Å². The van der Waals surface area contributed by atoms with Crippen LogP contribution in [0.25, 0.3) is 0 Å². The van der Waals surface area contributed by atoms with Gasteiger partial charge in [0.05, 0.1) is 11.4 Å². The van der Waals surface area contributed by atoms with Gasteiger partial charge in [0.1, 0.15) is 23.0 Å². The third kappa shape index (κ3) is 7.87. The van der Waals surface area contributed by atoms with E-state index in [4.69, 9.17) is 9.47 Å². The van der Waals surface area contributed by atoms with E-state index < -0.39 is 0 Å². The fraction of sp³-hybridized carbons (Fsp3) is 0.0127. The third-order valence-corrected chi connectivity index (χ3v) is 19.4. The van der Waals surface area contributed by atoms with Crippen LogP contribution in [0.4, 0.5) is 68.2 Å². The van der Waals surface area contributed by atoms with Crippen molar-refractivity contribution in [1.82, 2.24) is 0 Å². The smallest absolute Gasteiger partial charge is 0.256 e. The number of fused-ring (bicyclic) bond motifs is 10. The molecule has 0 saturated heterocycles. The van der Waals surface area contributed by atoms with Gasteiger partial charge in [0, 0.05) is 90.3 Å². The zero-order valence-corrected chi connectivity index (χ0v) is 48.5. The zero-order chi connectivity index (χ0) is 57.8. The summed E-state index contributed by atoms with van der Waals surface area (Å²) in [6, 6.07) is 112. The molecule has 5 heterocycles. The van der Waals surface area contributed by atoms with Crippen molar-refractivity contribution in [3.05, 3.63) is 326 Å². The maximum Gasteiger partial charge on any atom is 0.256 e. The van der Waals surface area contributed by atoms with E-state index in [1.54, 1.807) is 0 Å². The summed E-state index contributed by atoms with van der Waals surface area (Å²) >= 11 is 1.84. The molecular weight excluding hydrogens is 1090 g/mol. The number of hydrogen-bond donors (Lipinski definition) is 0. The molecule has 0 radical (unpaired) electrons. The lowest BCUT2D eigenvalue weighted by Gasteiger charge is -2.44. The molecule has 0 aromatic heterocycles. The van der Waals surface area contributed by atoms with Crippen molar-refractivity contribution < 1.29 is 9.47 Å². The number of hydrogen-bond acceptors (Lipinski definition) is 7. The predicted molar refractivity (Wildman–Crippen MR) is 365 cm³/mol. The molecule has 412 valence electrons. The molecule has 0 atom stereocenters. The van der Waals surface area contributed by atoms with E-state index in [1.165, 1.54) is 31.8 Å². The number of para-hydroxylation sites is 8. The van der Waals surface area contributed by atoms with Crippen LogP contribution >= 0.6 is 11.8 Å². The second kappa shape index (κ2) is 20.4. The number of rotatable bonds is 9. The quantitative estimate of drug-likeness (QED) is 0.133. The molecule has 0 amide bonds. The van der Waals surface area contributed by atoms with E-state index in [1.807, 2.05) is 11.8 Å². The molecular formula is C79H52B2N4O2S. The number of ether oxygens (including phenoxy) is 2. The summed E-state index contributed by atoms with van der Waals surface area (Å²) in [4.78, 5) is 12.0. The Kier molecular flexibility index (Phi) is 11.7. The molecule has 13 aromatic carbocycles. The van der Waals surface area contributed by atoms with Gasteiger partial charge in [-0.3, -0.25) is 0 Å². The highest BCUT2D eigenvalue weighted by Gasteiger charge is 2.50. The van der Waals surface area contributed by atoms with Crippen LogP contribution in [0.2, 0.25) is 0 Å². The second-order valence-electron chi connectivity index (χ2n) is 23.0. The van der Waals surface area contributed by atoms with Crippen LogP contribution in [0.15, 0.2) is 319 Å². The van der Waals surface area contributed by atoms with Crippen LogP contribution in [-0.2, 0) is 0 Å². The summed E-state index contributed by atoms with van der Waals surface area (Å²) in [6.45, 7) is -0.497. The first-order chi connectivity index (χ1) is 43.7. The Morgan fingerprint density at radius 1 is 0.307 bits per heavy atom. The fourth-order valence-electron chi connectivity index (χ4n) is 14.6. The van der Waals surface area contributed by atoms with Gasteiger partial charge in [0.15, 0.2) is 0 Å². The molecule has 13 aromatic rings. The first kappa shape index (κ1) is 50.5. The Balaban J connectivity index is 0.962. The summed E-state index contributed by atoms with van der Waals surface area (Å²) in [5.74, 6) is 2.95. The Morgan fingerprint density at radius 2 is 0.648 bits per heavy atom. The van der Waals surface area contributed by atoms with Gasteiger partial charge in [0.2, 0.25) is 0 Å². The lowest BCUT2D eigenvalue weighted by molar-refractivity contribution is 0.452. The summed E-state index contributed by atoms with van der Waals surface area (Å²) in [5, 5.41) is 0. The van der Waals surface area contributed by atoms with E-state index in [9.17, 15) is 0 Å². The highest BCUT2D eigenvalue weighted by molar-refractivity contribution is 7.99. The molecule has 0 aliphatic carbocycles. The second-order valence-corrected chi connectivity index (χ2v) is 24.1. The van der Waals surface area contributed by atoms with Crippen molar-refractivity contribution >= 4 is 126 Å². The van der Waals surface area contributed by atoms with Crippen LogP contribution < -0.4 is 61.9 Å². The Hall–Kier alpha value is -10.9. The van der Waals surface area contributed by atoms with Crippen molar-refractivity contribution in [2.75, 3.05) is 19.6 Å². The van der Waals surface area contributed by atoms with Crippen molar-refractivity contribution in [1.29, 1.82) is 0 Å². The predicted octanol–water partition coefficient (Wildman–Crippen LogP) is 17.1. The first-order valence-electron chi connectivity index (χ1n) is 30.2. The standard InChI is InChI=1S/C79H52B2N4O2S/c1-7-27-52(28-8-1)82(53-29-9-2-10-30-53)58-47-68-76-70(49-58)86-78-64(80(76)62-41-21-23-43-66(62)84(68)56-35-15-5-16-36-56)51-65-79(75(78)74-60-39-19-25-45-72(60)88-73-46-26-20-40-61(73)74)87-71-50-59(83(54-31-11-3-12-32-54)55-33-13-4-14-34-55)48-69-77(71)81(65)63-42-22-24-44-67(63)85(69)57-37-17-6-18-38-57/h1-51,74H. The lowest BCUT2D eigenvalue weighted by Crippen LogP contribution is -2.63. The van der Waals surface area contributed by atoms with Crippen LogP contribution in [0.1, 0.15) is 22.6 Å². The van der Waals surface area contributed by atoms with Gasteiger partial charge in [0.25, 0.3) is 13.4 Å². The molecule has 88 heavy (non-hydrogen) atoms. The van der Waals surface area contributed by atoms with Gasteiger partial charge in [-0.05, 0) is 153 Å². The minimum atomic E-state index is -0.291. The molecule has 9 heteroatoms. The minimum Gasteiger partial charge on any atom is -0.458 e. The molecule has 0 N–H and O–H groups in total. The number of nitrogens with zero attached hydrogens (tertiary/aromatic N) is 4. The van der Waals surface area contributed by atoms with E-state index in [0.717, 1.165) is 119 Å². The van der Waals surface area contributed by atoms with E-state index in [-0.39, 0.29) is 19.3 Å². The highest BCUT2D eigenvalue weighted by atomic mass is 32.2. The number of anilines is 12. The maximum atomic E-state index is 8.13. The highest BCUT2D eigenvalue weighted by Crippen LogP contribution is 2.56. The SMILES string of the molecule is c1ccc(N(c2ccccc2)c2cc3c4c(c2)N(c2ccccc2)c2ccccc2B4c2cc4c(c(C5c6ccccc6Sc6ccccc65)c2O3)Oc2cc(N(c3ccccc3)c3ccccc3)cc3c2B4c2ccccc2N3c2ccccc2)cc1. The fourth-order valence-corrected chi connectivity index (χ4v) is 15.8. The molecule has 5 aliphatic rings. The monoisotopic (exact) mass is 1140 g/mol. The summed E-state index contributed by atoms with van der Waals surface area (Å²) in [5.41, 5.74) is 22.9. The normalized spacial score (nSPS) is 13.5. The van der Waals surface area contributed by atoms with Crippen molar-refractivity contribution in [2.45, 2.75) is 15.7 Å². The average molecular weight is 1140 g/mol. The number of benzene rings is 13. The molecule has 18 rings (SSSR count). The molecule has 0 fully saturated rings. The van der Waals surface area contributed by atoms with Crippen molar-refractivity contribution in [3.8, 4) is 23.0 Å². The van der Waals surface area contributed by atoms with Crippen molar-refractivity contribution in [2.24, 2.45) is 0 Å². The molecule has 0 saturated carbocycles. The van der Waals surface area contributed by atoms with E-state index in [0.29, 0.717) is 0 Å². The molecule has 0 bridgehead atoms. The molecule has 0 unspecified atom stereocenters. The Morgan fingerprint density at radius 3 is 1.05 bits per heavy atom. The van der Waals surface area contributed by atoms with E-state index in [2.05, 4.69) is 329 Å². The zero-order valence-electron chi connectivity index (χ0n) is 47.7. The van der Waals surface area contributed by atoms with Crippen LogP contribution in [0.3, 0.4) is 0 Å². The van der Waals surface area contributed by atoms with Gasteiger partial charge in [-0.1, -0.05) is 200 Å². The topological polar surface area (TPSA) is 31.4 Å². The van der Waals surface area contributed by atoms with Gasteiger partial charge in [-0.15, -0.1) is 0 Å². The maximum absolute atomic E-state index is 8.13. The molecule has 5 aliphatic heterocycles. The van der Waals surface area contributed by atoms with Gasteiger partial charge in [-0.25, -0.2) is 0 Å².